The van der Waals surface area contributed by atoms with Crippen molar-refractivity contribution in [2.24, 2.45) is 0 Å². The highest BCUT2D eigenvalue weighted by Gasteiger charge is 2.30. The highest BCUT2D eigenvalue weighted by molar-refractivity contribution is 5.99. The van der Waals surface area contributed by atoms with E-state index < -0.39 is 12.7 Å². The van der Waals surface area contributed by atoms with Crippen molar-refractivity contribution in [2.45, 2.75) is 26.6 Å². The van der Waals surface area contributed by atoms with Crippen molar-refractivity contribution in [1.82, 2.24) is 9.47 Å². The quantitative estimate of drug-likeness (QED) is 0.602. The zero-order chi connectivity index (χ0) is 20.9. The van der Waals surface area contributed by atoms with Gasteiger partial charge < -0.3 is 14.0 Å². The topological polar surface area (TPSA) is 43.7 Å². The maximum atomic E-state index is 12.7. The van der Waals surface area contributed by atoms with Gasteiger partial charge in [0.1, 0.15) is 24.7 Å². The standard InChI is InChI=1S/C20H25F3N2O3/c1-14-11-18(15(2)25(14)13-20(21,22)23)19(26)12-24(3)9-10-28-17-7-5-16(27-4)6-8-17/h5-8,11H,9-10,12-13H2,1-4H3. The summed E-state index contributed by atoms with van der Waals surface area (Å²) in [5.74, 6) is 1.21. The first-order valence-corrected chi connectivity index (χ1v) is 8.83. The van der Waals surface area contributed by atoms with Crippen LogP contribution in [-0.4, -0.2) is 55.3 Å². The number of alkyl halides is 3. The maximum absolute atomic E-state index is 12.7. The molecular formula is C20H25F3N2O3. The third-order valence-electron chi connectivity index (χ3n) is 4.43. The minimum Gasteiger partial charge on any atom is -0.497 e. The monoisotopic (exact) mass is 398 g/mol. The number of hydrogen-bond donors (Lipinski definition) is 0. The lowest BCUT2D eigenvalue weighted by molar-refractivity contribution is -0.141. The second-order valence-electron chi connectivity index (χ2n) is 6.67. The van der Waals surface area contributed by atoms with Gasteiger partial charge in [-0.15, -0.1) is 0 Å². The summed E-state index contributed by atoms with van der Waals surface area (Å²) < 4.78 is 50.0. The second kappa shape index (κ2) is 9.14. The molecule has 1 heterocycles. The summed E-state index contributed by atoms with van der Waals surface area (Å²) in [4.78, 5) is 14.3. The van der Waals surface area contributed by atoms with Gasteiger partial charge in [-0.1, -0.05) is 0 Å². The Kier molecular flexibility index (Phi) is 7.12. The van der Waals surface area contributed by atoms with Gasteiger partial charge in [0.2, 0.25) is 0 Å². The van der Waals surface area contributed by atoms with E-state index in [2.05, 4.69) is 0 Å². The summed E-state index contributed by atoms with van der Waals surface area (Å²) in [5.41, 5.74) is 1.08. The Balaban J connectivity index is 1.88. The molecule has 0 saturated heterocycles. The highest BCUT2D eigenvalue weighted by Crippen LogP contribution is 2.23. The van der Waals surface area contributed by atoms with Gasteiger partial charge in [-0.05, 0) is 51.2 Å². The predicted molar refractivity (Wildman–Crippen MR) is 100 cm³/mol. The number of ketones is 1. The first-order valence-electron chi connectivity index (χ1n) is 8.83. The van der Waals surface area contributed by atoms with Gasteiger partial charge in [0.05, 0.1) is 13.7 Å². The summed E-state index contributed by atoms with van der Waals surface area (Å²) >= 11 is 0. The van der Waals surface area contributed by atoms with Crippen LogP contribution in [0.15, 0.2) is 30.3 Å². The van der Waals surface area contributed by atoms with Crippen LogP contribution in [0, 0.1) is 13.8 Å². The number of aryl methyl sites for hydroxylation is 1. The first-order chi connectivity index (χ1) is 13.1. The summed E-state index contributed by atoms with van der Waals surface area (Å²) in [6.07, 6.45) is -4.33. The number of aromatic nitrogens is 1. The Bertz CT molecular complexity index is 798. The van der Waals surface area contributed by atoms with Gasteiger partial charge in [0, 0.05) is 23.5 Å². The minimum absolute atomic E-state index is 0.0995. The van der Waals surface area contributed by atoms with Gasteiger partial charge in [0.15, 0.2) is 5.78 Å². The summed E-state index contributed by atoms with van der Waals surface area (Å²) in [6, 6.07) is 8.68. The molecule has 154 valence electrons. The van der Waals surface area contributed by atoms with Crippen molar-refractivity contribution in [2.75, 3.05) is 33.9 Å². The van der Waals surface area contributed by atoms with Crippen LogP contribution < -0.4 is 9.47 Å². The molecule has 5 nitrogen and oxygen atoms in total. The third-order valence-corrected chi connectivity index (χ3v) is 4.43. The van der Waals surface area contributed by atoms with E-state index in [1.807, 2.05) is 0 Å². The van der Waals surface area contributed by atoms with Crippen molar-refractivity contribution in [3.8, 4) is 11.5 Å². The molecule has 28 heavy (non-hydrogen) atoms. The largest absolute Gasteiger partial charge is 0.497 e. The Hall–Kier alpha value is -2.48. The summed E-state index contributed by atoms with van der Waals surface area (Å²) in [5, 5.41) is 0. The summed E-state index contributed by atoms with van der Waals surface area (Å²) in [7, 11) is 3.35. The fourth-order valence-corrected chi connectivity index (χ4v) is 2.91. The highest BCUT2D eigenvalue weighted by atomic mass is 19.4. The van der Waals surface area contributed by atoms with E-state index in [0.717, 1.165) is 10.3 Å². The number of ether oxygens (including phenoxy) is 2. The molecule has 0 unspecified atom stereocenters. The first kappa shape index (κ1) is 21.8. The molecule has 1 aromatic heterocycles. The van der Waals surface area contributed by atoms with E-state index in [9.17, 15) is 18.0 Å². The van der Waals surface area contributed by atoms with E-state index in [-0.39, 0.29) is 12.3 Å². The molecule has 0 saturated carbocycles. The van der Waals surface area contributed by atoms with Crippen LogP contribution >= 0.6 is 0 Å². The van der Waals surface area contributed by atoms with Gasteiger partial charge in [-0.3, -0.25) is 9.69 Å². The van der Waals surface area contributed by atoms with Crippen LogP contribution in [0.2, 0.25) is 0 Å². The lowest BCUT2D eigenvalue weighted by Gasteiger charge is -2.16. The van der Waals surface area contributed by atoms with Crippen LogP contribution in [0.3, 0.4) is 0 Å². The SMILES string of the molecule is COc1ccc(OCCN(C)CC(=O)c2cc(C)n(CC(F)(F)F)c2C)cc1. The van der Waals surface area contributed by atoms with Gasteiger partial charge in [-0.25, -0.2) is 0 Å². The van der Waals surface area contributed by atoms with Crippen LogP contribution in [0.25, 0.3) is 0 Å². The fourth-order valence-electron chi connectivity index (χ4n) is 2.91. The molecule has 0 bridgehead atoms. The molecule has 0 aliphatic rings. The predicted octanol–water partition coefficient (Wildman–Crippen LogP) is 3.87. The molecule has 0 N–H and O–H groups in total. The zero-order valence-electron chi connectivity index (χ0n) is 16.5. The number of methoxy groups -OCH3 is 1. The van der Waals surface area contributed by atoms with E-state index in [1.54, 1.807) is 57.2 Å². The number of halogens is 3. The minimum atomic E-state index is -4.33. The zero-order valence-corrected chi connectivity index (χ0v) is 16.5. The van der Waals surface area contributed by atoms with Crippen LogP contribution in [-0.2, 0) is 6.54 Å². The second-order valence-corrected chi connectivity index (χ2v) is 6.67. The number of Topliss-reactive ketones (excluding diaryl/α,β-unsaturated/α-hetero) is 1. The van der Waals surface area contributed by atoms with E-state index in [4.69, 9.17) is 9.47 Å². The molecule has 1 aromatic carbocycles. The summed E-state index contributed by atoms with van der Waals surface area (Å²) in [6.45, 7) is 2.99. The van der Waals surface area contributed by atoms with Crippen molar-refractivity contribution in [3.63, 3.8) is 0 Å². The van der Waals surface area contributed by atoms with Gasteiger partial charge >= 0.3 is 6.18 Å². The molecule has 0 fully saturated rings. The molecule has 0 aliphatic heterocycles. The van der Waals surface area contributed by atoms with Crippen LogP contribution in [0.4, 0.5) is 13.2 Å². The Morgan fingerprint density at radius 1 is 1.14 bits per heavy atom. The molecule has 8 heteroatoms. The average Bonchev–Trinajstić information content (AvgIpc) is 2.89. The molecular weight excluding hydrogens is 373 g/mol. The van der Waals surface area contributed by atoms with Crippen molar-refractivity contribution >= 4 is 5.78 Å². The fraction of sp³-hybridized carbons (Fsp3) is 0.450. The average molecular weight is 398 g/mol. The number of carbonyl (C=O) groups is 1. The number of nitrogens with zero attached hydrogens (tertiary/aromatic N) is 2. The molecule has 0 amide bonds. The third kappa shape index (κ3) is 6.02. The van der Waals surface area contributed by atoms with E-state index in [0.29, 0.717) is 35.9 Å². The molecule has 0 aliphatic carbocycles. The smallest absolute Gasteiger partial charge is 0.406 e. The molecule has 0 atom stereocenters. The Morgan fingerprint density at radius 2 is 1.75 bits per heavy atom. The molecule has 2 aromatic rings. The van der Waals surface area contributed by atoms with Gasteiger partial charge in [-0.2, -0.15) is 13.2 Å². The molecule has 0 radical (unpaired) electrons. The van der Waals surface area contributed by atoms with E-state index >= 15 is 0 Å². The lowest BCUT2D eigenvalue weighted by atomic mass is 10.1. The number of likely N-dealkylation sites (N-methyl/N-ethyl adjacent to an activating group) is 1. The lowest BCUT2D eigenvalue weighted by Crippen LogP contribution is -2.30. The maximum Gasteiger partial charge on any atom is 0.406 e. The number of hydrogen-bond acceptors (Lipinski definition) is 4. The van der Waals surface area contributed by atoms with Crippen molar-refractivity contribution in [1.29, 1.82) is 0 Å². The number of benzene rings is 1. The number of rotatable bonds is 9. The van der Waals surface area contributed by atoms with Gasteiger partial charge in [0.25, 0.3) is 0 Å². The van der Waals surface area contributed by atoms with Crippen molar-refractivity contribution < 1.29 is 27.4 Å². The Morgan fingerprint density at radius 3 is 2.32 bits per heavy atom. The number of carbonyl (C=O) groups excluding carboxylic acids is 1. The van der Waals surface area contributed by atoms with Crippen LogP contribution in [0.5, 0.6) is 11.5 Å². The Labute approximate surface area is 162 Å². The molecule has 0 spiro atoms. The van der Waals surface area contributed by atoms with E-state index in [1.165, 1.54) is 6.07 Å². The normalized spacial score (nSPS) is 11.7. The van der Waals surface area contributed by atoms with Crippen molar-refractivity contribution in [3.05, 3.63) is 47.3 Å². The van der Waals surface area contributed by atoms with Crippen LogP contribution in [0.1, 0.15) is 21.7 Å². The molecule has 2 rings (SSSR count).